The van der Waals surface area contributed by atoms with Gasteiger partial charge in [-0.1, -0.05) is 30.3 Å². The summed E-state index contributed by atoms with van der Waals surface area (Å²) < 4.78 is 13.1. The summed E-state index contributed by atoms with van der Waals surface area (Å²) in [5.74, 6) is -0.257. The van der Waals surface area contributed by atoms with Crippen LogP contribution in [0, 0.1) is 12.7 Å². The first-order valence-corrected chi connectivity index (χ1v) is 10.3. The Morgan fingerprint density at radius 2 is 1.75 bits per heavy atom. The summed E-state index contributed by atoms with van der Waals surface area (Å²) in [6, 6.07) is 16.4. The predicted octanol–water partition coefficient (Wildman–Crippen LogP) is 6.22. The first kappa shape index (κ1) is 18.5. The smallest absolute Gasteiger partial charge is 0.203 e. The minimum absolute atomic E-state index is 0.257. The van der Waals surface area contributed by atoms with Crippen molar-refractivity contribution in [2.45, 2.75) is 13.8 Å². The maximum absolute atomic E-state index is 13.1. The van der Waals surface area contributed by atoms with Gasteiger partial charge in [0.2, 0.25) is 5.13 Å². The first-order chi connectivity index (χ1) is 13.6. The summed E-state index contributed by atoms with van der Waals surface area (Å²) in [7, 11) is 0. The summed E-state index contributed by atoms with van der Waals surface area (Å²) in [4.78, 5) is 10.2. The van der Waals surface area contributed by atoms with E-state index in [4.69, 9.17) is 0 Å². The van der Waals surface area contributed by atoms with Crippen molar-refractivity contribution in [1.82, 2.24) is 9.97 Å². The van der Waals surface area contributed by atoms with Crippen molar-refractivity contribution in [3.8, 4) is 21.8 Å². The van der Waals surface area contributed by atoms with E-state index < -0.39 is 0 Å². The van der Waals surface area contributed by atoms with Crippen LogP contribution >= 0.6 is 22.7 Å². The van der Waals surface area contributed by atoms with Gasteiger partial charge in [-0.25, -0.2) is 14.4 Å². The van der Waals surface area contributed by atoms with Crippen molar-refractivity contribution < 1.29 is 4.39 Å². The average Bonchev–Trinajstić information content (AvgIpc) is 3.34. The number of anilines is 1. The van der Waals surface area contributed by atoms with Gasteiger partial charge in [-0.3, -0.25) is 5.43 Å². The Balaban J connectivity index is 1.51. The number of hydrogen-bond donors (Lipinski definition) is 1. The minimum atomic E-state index is -0.257. The van der Waals surface area contributed by atoms with Crippen LogP contribution in [0.3, 0.4) is 0 Å². The molecular formula is C21H17FN4S2. The number of halogens is 1. The maximum Gasteiger partial charge on any atom is 0.203 e. The average molecular weight is 409 g/mol. The molecule has 0 fully saturated rings. The van der Waals surface area contributed by atoms with E-state index in [1.54, 1.807) is 23.5 Å². The Morgan fingerprint density at radius 3 is 2.50 bits per heavy atom. The summed E-state index contributed by atoms with van der Waals surface area (Å²) in [5.41, 5.74) is 7.60. The molecule has 0 atom stereocenters. The Hall–Kier alpha value is -2.90. The van der Waals surface area contributed by atoms with Crippen molar-refractivity contribution in [1.29, 1.82) is 0 Å². The van der Waals surface area contributed by atoms with E-state index in [9.17, 15) is 4.39 Å². The number of benzene rings is 2. The van der Waals surface area contributed by atoms with E-state index in [1.807, 2.05) is 37.4 Å². The van der Waals surface area contributed by atoms with Crippen molar-refractivity contribution >= 4 is 33.5 Å². The Bertz CT molecular complexity index is 1120. The first-order valence-electron chi connectivity index (χ1n) is 8.65. The highest BCUT2D eigenvalue weighted by Gasteiger charge is 2.12. The molecule has 140 valence electrons. The summed E-state index contributed by atoms with van der Waals surface area (Å²) >= 11 is 3.08. The van der Waals surface area contributed by atoms with E-state index in [1.165, 1.54) is 23.5 Å². The monoisotopic (exact) mass is 408 g/mol. The lowest BCUT2D eigenvalue weighted by molar-refractivity contribution is 0.628. The van der Waals surface area contributed by atoms with E-state index in [0.717, 1.165) is 38.1 Å². The number of thiazole rings is 2. The molecule has 2 aromatic carbocycles. The third-order valence-electron chi connectivity index (χ3n) is 4.11. The van der Waals surface area contributed by atoms with Gasteiger partial charge in [0.1, 0.15) is 10.8 Å². The standard InChI is InChI=1S/C21H17FN4S2/c1-13-19(28-20(23-13)16-6-4-3-5-7-16)14(2)25-26-21-24-18(12-27-21)15-8-10-17(22)11-9-15/h3-12H,1-2H3,(H,24,26)/b25-14+. The fourth-order valence-electron chi connectivity index (χ4n) is 2.70. The van der Waals surface area contributed by atoms with E-state index in [2.05, 4.69) is 32.6 Å². The zero-order valence-corrected chi connectivity index (χ0v) is 16.9. The molecule has 2 aromatic heterocycles. The van der Waals surface area contributed by atoms with E-state index in [0.29, 0.717) is 5.13 Å². The molecule has 0 aliphatic carbocycles. The molecule has 0 spiro atoms. The highest BCUT2D eigenvalue weighted by molar-refractivity contribution is 7.17. The molecule has 0 aliphatic rings. The van der Waals surface area contributed by atoms with Gasteiger partial charge in [-0.2, -0.15) is 5.10 Å². The van der Waals surface area contributed by atoms with Gasteiger partial charge in [-0.05, 0) is 38.1 Å². The lowest BCUT2D eigenvalue weighted by Gasteiger charge is -1.99. The summed E-state index contributed by atoms with van der Waals surface area (Å²) in [6.45, 7) is 3.95. The summed E-state index contributed by atoms with van der Waals surface area (Å²) in [6.07, 6.45) is 0. The molecule has 0 amide bonds. The van der Waals surface area contributed by atoms with Crippen molar-refractivity contribution in [3.63, 3.8) is 0 Å². The van der Waals surface area contributed by atoms with Crippen LogP contribution < -0.4 is 5.43 Å². The third kappa shape index (κ3) is 4.00. The molecule has 0 aliphatic heterocycles. The molecule has 0 saturated carbocycles. The van der Waals surface area contributed by atoms with Crippen LogP contribution in [0.5, 0.6) is 0 Å². The van der Waals surface area contributed by atoms with Gasteiger partial charge in [0.15, 0.2) is 0 Å². The Kier molecular flexibility index (Phi) is 5.27. The highest BCUT2D eigenvalue weighted by Crippen LogP contribution is 2.29. The van der Waals surface area contributed by atoms with Crippen molar-refractivity contribution in [2.75, 3.05) is 5.43 Å². The van der Waals surface area contributed by atoms with Crippen molar-refractivity contribution in [2.24, 2.45) is 5.10 Å². The lowest BCUT2D eigenvalue weighted by Crippen LogP contribution is -1.99. The zero-order valence-electron chi connectivity index (χ0n) is 15.3. The van der Waals surface area contributed by atoms with Gasteiger partial charge >= 0.3 is 0 Å². The number of nitrogens with one attached hydrogen (secondary N) is 1. The Morgan fingerprint density at radius 1 is 1.00 bits per heavy atom. The van der Waals surface area contributed by atoms with E-state index >= 15 is 0 Å². The minimum Gasteiger partial charge on any atom is -0.252 e. The largest absolute Gasteiger partial charge is 0.252 e. The molecule has 4 rings (SSSR count). The van der Waals surface area contributed by atoms with Gasteiger partial charge in [0.05, 0.1) is 22.0 Å². The molecule has 4 aromatic rings. The lowest BCUT2D eigenvalue weighted by atomic mass is 10.2. The third-order valence-corrected chi connectivity index (χ3v) is 6.17. The molecule has 2 heterocycles. The quantitative estimate of drug-likeness (QED) is 0.315. The second-order valence-corrected chi connectivity index (χ2v) is 8.01. The summed E-state index contributed by atoms with van der Waals surface area (Å²) in [5, 5.41) is 8.07. The number of aromatic nitrogens is 2. The zero-order chi connectivity index (χ0) is 19.5. The topological polar surface area (TPSA) is 50.2 Å². The number of hydrogen-bond acceptors (Lipinski definition) is 6. The molecular weight excluding hydrogens is 391 g/mol. The molecule has 1 N–H and O–H groups in total. The van der Waals surface area contributed by atoms with Crippen molar-refractivity contribution in [3.05, 3.63) is 76.4 Å². The van der Waals surface area contributed by atoms with E-state index in [-0.39, 0.29) is 5.82 Å². The normalized spacial score (nSPS) is 11.6. The fourth-order valence-corrected chi connectivity index (χ4v) is 4.38. The molecule has 0 saturated heterocycles. The molecule has 0 radical (unpaired) electrons. The van der Waals surface area contributed by atoms with Crippen LogP contribution in [0.2, 0.25) is 0 Å². The number of aryl methyl sites for hydroxylation is 1. The molecule has 28 heavy (non-hydrogen) atoms. The van der Waals surface area contributed by atoms with Gasteiger partial charge < -0.3 is 0 Å². The second kappa shape index (κ2) is 8.00. The van der Waals surface area contributed by atoms with Crippen LogP contribution in [-0.2, 0) is 0 Å². The number of rotatable bonds is 5. The molecule has 4 nitrogen and oxygen atoms in total. The highest BCUT2D eigenvalue weighted by atomic mass is 32.1. The fraction of sp³-hybridized carbons (Fsp3) is 0.0952. The van der Waals surface area contributed by atoms with Crippen LogP contribution in [0.1, 0.15) is 17.5 Å². The second-order valence-electron chi connectivity index (χ2n) is 6.15. The van der Waals surface area contributed by atoms with Crippen LogP contribution in [0.4, 0.5) is 9.52 Å². The Labute approximate surface area is 170 Å². The van der Waals surface area contributed by atoms with Gasteiger partial charge in [0.25, 0.3) is 0 Å². The molecule has 0 bridgehead atoms. The van der Waals surface area contributed by atoms with Crippen LogP contribution in [0.15, 0.2) is 65.1 Å². The van der Waals surface area contributed by atoms with Crippen LogP contribution in [-0.4, -0.2) is 15.7 Å². The maximum atomic E-state index is 13.1. The van der Waals surface area contributed by atoms with Gasteiger partial charge in [0, 0.05) is 16.5 Å². The number of hydrazone groups is 1. The number of nitrogens with zero attached hydrogens (tertiary/aromatic N) is 3. The van der Waals surface area contributed by atoms with Crippen LogP contribution in [0.25, 0.3) is 21.8 Å². The van der Waals surface area contributed by atoms with Gasteiger partial charge in [-0.15, -0.1) is 22.7 Å². The molecule has 0 unspecified atom stereocenters. The predicted molar refractivity (Wildman–Crippen MR) is 116 cm³/mol. The SMILES string of the molecule is C/C(=N\Nc1nc(-c2ccc(F)cc2)cs1)c1sc(-c2ccccc2)nc1C. The molecule has 7 heteroatoms.